The number of hydrogen-bond acceptors (Lipinski definition) is 3. The first-order valence-corrected chi connectivity index (χ1v) is 4.89. The fraction of sp³-hybridized carbons (Fsp3) is 0.400. The number of ether oxygens (including phenoxy) is 1. The molecule has 0 fully saturated rings. The van der Waals surface area contributed by atoms with E-state index in [9.17, 15) is 0 Å². The van der Waals surface area contributed by atoms with Crippen molar-refractivity contribution in [1.82, 2.24) is 5.43 Å². The third-order valence-corrected chi connectivity index (χ3v) is 2.32. The Labute approximate surface area is 89.2 Å². The van der Waals surface area contributed by atoms with Gasteiger partial charge in [-0.2, -0.15) is 0 Å². The van der Waals surface area contributed by atoms with Crippen LogP contribution in [-0.4, -0.2) is 12.1 Å². The minimum absolute atomic E-state index is 0.00142. The Balaban J connectivity index is 2.60. The molecule has 2 unspecified atom stereocenters. The molecule has 4 heteroatoms. The lowest BCUT2D eigenvalue weighted by molar-refractivity contribution is 0.178. The molecule has 1 rings (SSSR count). The van der Waals surface area contributed by atoms with Crippen molar-refractivity contribution in [2.24, 2.45) is 5.84 Å². The van der Waals surface area contributed by atoms with Crippen molar-refractivity contribution < 1.29 is 4.74 Å². The number of rotatable bonds is 4. The Morgan fingerprint density at radius 1 is 1.43 bits per heavy atom. The van der Waals surface area contributed by atoms with Crippen molar-refractivity contribution in [1.29, 1.82) is 0 Å². The van der Waals surface area contributed by atoms with E-state index in [4.69, 9.17) is 22.2 Å². The summed E-state index contributed by atoms with van der Waals surface area (Å²) in [6.45, 7) is 3.90. The summed E-state index contributed by atoms with van der Waals surface area (Å²) in [7, 11) is 0. The molecule has 2 atom stereocenters. The van der Waals surface area contributed by atoms with Gasteiger partial charge in [0.1, 0.15) is 11.9 Å². The van der Waals surface area contributed by atoms with Gasteiger partial charge in [-0.15, -0.1) is 0 Å². The third-order valence-electron chi connectivity index (χ3n) is 2.09. The number of nitrogens with one attached hydrogen (secondary N) is 1. The lowest BCUT2D eigenvalue weighted by Crippen LogP contribution is -2.42. The van der Waals surface area contributed by atoms with Gasteiger partial charge in [0, 0.05) is 5.02 Å². The highest BCUT2D eigenvalue weighted by molar-refractivity contribution is 6.30. The van der Waals surface area contributed by atoms with E-state index in [1.54, 1.807) is 6.07 Å². The number of hydrogen-bond donors (Lipinski definition) is 2. The smallest absolute Gasteiger partial charge is 0.121 e. The predicted molar refractivity (Wildman–Crippen MR) is 58.3 cm³/mol. The minimum atomic E-state index is -0.00142. The van der Waals surface area contributed by atoms with Gasteiger partial charge in [0.05, 0.1) is 6.04 Å². The van der Waals surface area contributed by atoms with E-state index < -0.39 is 0 Å². The van der Waals surface area contributed by atoms with Crippen molar-refractivity contribution in [2.75, 3.05) is 0 Å². The van der Waals surface area contributed by atoms with Gasteiger partial charge >= 0.3 is 0 Å². The van der Waals surface area contributed by atoms with E-state index in [2.05, 4.69) is 5.43 Å². The summed E-state index contributed by atoms with van der Waals surface area (Å²) in [5, 5.41) is 0.670. The van der Waals surface area contributed by atoms with Gasteiger partial charge in [0.15, 0.2) is 0 Å². The van der Waals surface area contributed by atoms with Crippen molar-refractivity contribution in [2.45, 2.75) is 26.0 Å². The highest BCUT2D eigenvalue weighted by atomic mass is 35.5. The Bertz CT molecular complexity index is 293. The zero-order valence-electron chi connectivity index (χ0n) is 8.33. The minimum Gasteiger partial charge on any atom is -0.489 e. The van der Waals surface area contributed by atoms with Crippen LogP contribution in [0.1, 0.15) is 13.8 Å². The van der Waals surface area contributed by atoms with Crippen LogP contribution < -0.4 is 16.0 Å². The van der Waals surface area contributed by atoms with Crippen LogP contribution in [-0.2, 0) is 0 Å². The Kier molecular flexibility index (Phi) is 4.20. The molecule has 3 N–H and O–H groups in total. The van der Waals surface area contributed by atoms with Crippen LogP contribution >= 0.6 is 11.6 Å². The number of benzene rings is 1. The van der Waals surface area contributed by atoms with Crippen molar-refractivity contribution in [3.8, 4) is 5.75 Å². The standard InChI is InChI=1S/C10H15ClN2O/c1-7(13-12)8(2)14-10-5-3-4-9(11)6-10/h3-8,13H,12H2,1-2H3. The fourth-order valence-corrected chi connectivity index (χ4v) is 1.17. The monoisotopic (exact) mass is 214 g/mol. The molecule has 0 aliphatic carbocycles. The topological polar surface area (TPSA) is 47.3 Å². The van der Waals surface area contributed by atoms with Crippen molar-refractivity contribution in [3.05, 3.63) is 29.3 Å². The summed E-state index contributed by atoms with van der Waals surface area (Å²) in [6.07, 6.45) is -0.00142. The maximum absolute atomic E-state index is 5.82. The van der Waals surface area contributed by atoms with Crippen LogP contribution in [0.4, 0.5) is 0 Å². The molecule has 1 aromatic rings. The van der Waals surface area contributed by atoms with Gasteiger partial charge in [-0.3, -0.25) is 11.3 Å². The number of nitrogens with two attached hydrogens (primary N) is 1. The average molecular weight is 215 g/mol. The van der Waals surface area contributed by atoms with E-state index in [-0.39, 0.29) is 12.1 Å². The lowest BCUT2D eigenvalue weighted by Gasteiger charge is -2.20. The second-order valence-electron chi connectivity index (χ2n) is 3.24. The normalized spacial score (nSPS) is 14.9. The molecule has 0 aromatic heterocycles. The maximum Gasteiger partial charge on any atom is 0.121 e. The van der Waals surface area contributed by atoms with Gasteiger partial charge in [0.25, 0.3) is 0 Å². The zero-order valence-corrected chi connectivity index (χ0v) is 9.08. The molecule has 0 saturated heterocycles. The molecule has 78 valence electrons. The quantitative estimate of drug-likeness (QED) is 0.595. The molecule has 1 aromatic carbocycles. The fourth-order valence-electron chi connectivity index (χ4n) is 0.993. The van der Waals surface area contributed by atoms with Crippen LogP contribution in [0.3, 0.4) is 0 Å². The summed E-state index contributed by atoms with van der Waals surface area (Å²) < 4.78 is 5.62. The molecule has 14 heavy (non-hydrogen) atoms. The van der Waals surface area contributed by atoms with Crippen molar-refractivity contribution >= 4 is 11.6 Å². The summed E-state index contributed by atoms with van der Waals surface area (Å²) in [4.78, 5) is 0. The molecule has 3 nitrogen and oxygen atoms in total. The molecule has 0 radical (unpaired) electrons. The molecule has 0 amide bonds. The first-order chi connectivity index (χ1) is 6.63. The summed E-state index contributed by atoms with van der Waals surface area (Å²) in [5.74, 6) is 6.06. The van der Waals surface area contributed by atoms with E-state index in [1.165, 1.54) is 0 Å². The van der Waals surface area contributed by atoms with E-state index >= 15 is 0 Å². The van der Waals surface area contributed by atoms with Crippen LogP contribution in [0.5, 0.6) is 5.75 Å². The zero-order chi connectivity index (χ0) is 10.6. The number of hydrazine groups is 1. The predicted octanol–water partition coefficient (Wildman–Crippen LogP) is 1.96. The summed E-state index contributed by atoms with van der Waals surface area (Å²) >= 11 is 5.82. The highest BCUT2D eigenvalue weighted by Crippen LogP contribution is 2.18. The third kappa shape index (κ3) is 3.18. The Morgan fingerprint density at radius 3 is 2.71 bits per heavy atom. The Hall–Kier alpha value is -0.770. The second kappa shape index (κ2) is 5.20. The van der Waals surface area contributed by atoms with Gasteiger partial charge in [0.2, 0.25) is 0 Å². The number of halogens is 1. The van der Waals surface area contributed by atoms with Crippen LogP contribution in [0.15, 0.2) is 24.3 Å². The first-order valence-electron chi connectivity index (χ1n) is 4.52. The SMILES string of the molecule is CC(NN)C(C)Oc1cccc(Cl)c1. The van der Waals surface area contributed by atoms with E-state index in [0.717, 1.165) is 5.75 Å². The molecular formula is C10H15ClN2O. The maximum atomic E-state index is 5.82. The largest absolute Gasteiger partial charge is 0.489 e. The lowest BCUT2D eigenvalue weighted by atomic mass is 10.2. The molecule has 0 saturated carbocycles. The first kappa shape index (κ1) is 11.3. The van der Waals surface area contributed by atoms with Crippen LogP contribution in [0, 0.1) is 0 Å². The molecule has 0 heterocycles. The molecule has 0 aliphatic heterocycles. The van der Waals surface area contributed by atoms with Crippen LogP contribution in [0.2, 0.25) is 5.02 Å². The van der Waals surface area contributed by atoms with Gasteiger partial charge in [-0.1, -0.05) is 17.7 Å². The average Bonchev–Trinajstić information content (AvgIpc) is 2.16. The van der Waals surface area contributed by atoms with E-state index in [0.29, 0.717) is 5.02 Å². The molecular weight excluding hydrogens is 200 g/mol. The molecule has 0 spiro atoms. The molecule has 0 aliphatic rings. The van der Waals surface area contributed by atoms with Gasteiger partial charge in [-0.05, 0) is 32.0 Å². The summed E-state index contributed by atoms with van der Waals surface area (Å²) in [6, 6.07) is 7.40. The van der Waals surface area contributed by atoms with Gasteiger partial charge < -0.3 is 4.74 Å². The van der Waals surface area contributed by atoms with Crippen molar-refractivity contribution in [3.63, 3.8) is 0 Å². The Morgan fingerprint density at radius 2 is 2.14 bits per heavy atom. The molecule has 0 bridgehead atoms. The van der Waals surface area contributed by atoms with Gasteiger partial charge in [-0.25, -0.2) is 0 Å². The second-order valence-corrected chi connectivity index (χ2v) is 3.67. The van der Waals surface area contributed by atoms with Crippen LogP contribution in [0.25, 0.3) is 0 Å². The highest BCUT2D eigenvalue weighted by Gasteiger charge is 2.11. The summed E-state index contributed by atoms with van der Waals surface area (Å²) in [5.41, 5.74) is 2.64. The van der Waals surface area contributed by atoms with E-state index in [1.807, 2.05) is 32.0 Å².